The predicted octanol–water partition coefficient (Wildman–Crippen LogP) is 3.55. The quantitative estimate of drug-likeness (QED) is 0.317. The molecule has 212 valence electrons. The third-order valence-corrected chi connectivity index (χ3v) is 6.17. The number of carbonyl (C=O) groups is 3. The topological polar surface area (TPSA) is 148 Å². The summed E-state index contributed by atoms with van der Waals surface area (Å²) in [4.78, 5) is 39.2. The van der Waals surface area contributed by atoms with Gasteiger partial charge in [0.2, 0.25) is 17.6 Å². The molecule has 0 fully saturated rings. The van der Waals surface area contributed by atoms with Crippen molar-refractivity contribution in [2.45, 2.75) is 58.2 Å². The Balaban J connectivity index is 1.78. The van der Waals surface area contributed by atoms with Crippen molar-refractivity contribution < 1.29 is 19.1 Å². The molecular formula is C28H35N7O4S. The smallest absolute Gasteiger partial charge is 0.408 e. The molecule has 3 rings (SSSR count). The van der Waals surface area contributed by atoms with Crippen molar-refractivity contribution in [1.82, 2.24) is 31.0 Å². The third-order valence-electron chi connectivity index (χ3n) is 5.52. The van der Waals surface area contributed by atoms with Crippen LogP contribution in [-0.2, 0) is 20.7 Å². The molecule has 2 atom stereocenters. The van der Waals surface area contributed by atoms with Crippen molar-refractivity contribution in [3.63, 3.8) is 0 Å². The summed E-state index contributed by atoms with van der Waals surface area (Å²) in [6, 6.07) is 14.4. The molecule has 0 spiro atoms. The molecule has 0 radical (unpaired) electrons. The van der Waals surface area contributed by atoms with Crippen molar-refractivity contribution in [2.24, 2.45) is 0 Å². The number of anilines is 1. The van der Waals surface area contributed by atoms with Crippen LogP contribution in [0, 0.1) is 6.92 Å². The molecule has 12 heteroatoms. The summed E-state index contributed by atoms with van der Waals surface area (Å²) in [5.74, 6) is 0.660. The predicted molar refractivity (Wildman–Crippen MR) is 155 cm³/mol. The van der Waals surface area contributed by atoms with Crippen LogP contribution in [0.1, 0.15) is 38.6 Å². The monoisotopic (exact) mass is 565 g/mol. The van der Waals surface area contributed by atoms with Crippen LogP contribution in [0.2, 0.25) is 0 Å². The van der Waals surface area contributed by atoms with Gasteiger partial charge in [0.05, 0.1) is 0 Å². The van der Waals surface area contributed by atoms with E-state index in [1.165, 1.54) is 0 Å². The van der Waals surface area contributed by atoms with Gasteiger partial charge in [0.25, 0.3) is 0 Å². The number of ether oxygens (including phenoxy) is 1. The second-order valence-corrected chi connectivity index (χ2v) is 11.1. The molecule has 1 heterocycles. The van der Waals surface area contributed by atoms with Gasteiger partial charge in [0.1, 0.15) is 17.7 Å². The lowest BCUT2D eigenvalue weighted by atomic mass is 10.0. The molecule has 3 N–H and O–H groups in total. The van der Waals surface area contributed by atoms with Crippen molar-refractivity contribution >= 4 is 35.4 Å². The lowest BCUT2D eigenvalue weighted by Crippen LogP contribution is -2.54. The van der Waals surface area contributed by atoms with E-state index in [1.54, 1.807) is 63.7 Å². The van der Waals surface area contributed by atoms with E-state index in [9.17, 15) is 14.4 Å². The van der Waals surface area contributed by atoms with Gasteiger partial charge in [-0.15, -0.1) is 20.4 Å². The Morgan fingerprint density at radius 1 is 0.875 bits per heavy atom. The molecule has 0 saturated heterocycles. The van der Waals surface area contributed by atoms with Crippen molar-refractivity contribution in [2.75, 3.05) is 17.3 Å². The fraction of sp³-hybridized carbons (Fsp3) is 0.393. The highest BCUT2D eigenvalue weighted by Gasteiger charge is 2.28. The molecular weight excluding hydrogens is 530 g/mol. The van der Waals surface area contributed by atoms with E-state index >= 15 is 0 Å². The van der Waals surface area contributed by atoms with E-state index in [0.29, 0.717) is 35.1 Å². The number of hydrogen-bond donors (Lipinski definition) is 3. The Labute approximate surface area is 238 Å². The summed E-state index contributed by atoms with van der Waals surface area (Å²) in [6.07, 6.45) is 1.77. The van der Waals surface area contributed by atoms with Crippen LogP contribution in [0.15, 0.2) is 54.6 Å². The number of carbonyl (C=O) groups excluding carboxylic acids is 3. The largest absolute Gasteiger partial charge is 0.444 e. The average Bonchev–Trinajstić information content (AvgIpc) is 2.91. The first-order valence-corrected chi connectivity index (χ1v) is 14.2. The minimum Gasteiger partial charge on any atom is -0.444 e. The van der Waals surface area contributed by atoms with E-state index in [-0.39, 0.29) is 12.3 Å². The summed E-state index contributed by atoms with van der Waals surface area (Å²) in [7, 11) is 0. The van der Waals surface area contributed by atoms with Gasteiger partial charge in [0, 0.05) is 17.7 Å². The van der Waals surface area contributed by atoms with Crippen LogP contribution < -0.4 is 16.0 Å². The fourth-order valence-corrected chi connectivity index (χ4v) is 4.08. The maximum absolute atomic E-state index is 13.5. The number of hydrogen-bond acceptors (Lipinski definition) is 9. The molecule has 0 aliphatic rings. The van der Waals surface area contributed by atoms with Gasteiger partial charge in [-0.05, 0) is 63.8 Å². The molecule has 2 aromatic carbocycles. The maximum atomic E-state index is 13.5. The number of nitrogens with zero attached hydrogens (tertiary/aromatic N) is 4. The van der Waals surface area contributed by atoms with Crippen molar-refractivity contribution in [3.05, 3.63) is 66.0 Å². The Hall–Kier alpha value is -4.06. The number of aryl methyl sites for hydroxylation is 1. The van der Waals surface area contributed by atoms with Gasteiger partial charge in [-0.1, -0.05) is 42.5 Å². The molecule has 0 aliphatic carbocycles. The average molecular weight is 566 g/mol. The normalized spacial score (nSPS) is 12.6. The van der Waals surface area contributed by atoms with Crippen LogP contribution >= 0.6 is 11.8 Å². The highest BCUT2D eigenvalue weighted by molar-refractivity contribution is 7.98. The maximum Gasteiger partial charge on any atom is 0.408 e. The van der Waals surface area contributed by atoms with E-state index in [2.05, 4.69) is 36.3 Å². The number of alkyl carbamates (subject to hydrolysis) is 1. The van der Waals surface area contributed by atoms with E-state index in [1.807, 2.05) is 36.6 Å². The Morgan fingerprint density at radius 2 is 1.52 bits per heavy atom. The summed E-state index contributed by atoms with van der Waals surface area (Å²) in [5.41, 5.74) is 1.35. The zero-order valence-electron chi connectivity index (χ0n) is 23.3. The summed E-state index contributed by atoms with van der Waals surface area (Å²) in [5, 5.41) is 24.3. The number of aromatic nitrogens is 4. The van der Waals surface area contributed by atoms with Gasteiger partial charge in [0.15, 0.2) is 5.82 Å². The van der Waals surface area contributed by atoms with Gasteiger partial charge in [-0.3, -0.25) is 9.59 Å². The number of amides is 3. The van der Waals surface area contributed by atoms with Crippen LogP contribution in [0.4, 0.5) is 10.5 Å². The molecule has 3 amide bonds. The van der Waals surface area contributed by atoms with Gasteiger partial charge in [-0.2, -0.15) is 11.8 Å². The van der Waals surface area contributed by atoms with E-state index in [0.717, 1.165) is 5.56 Å². The lowest BCUT2D eigenvalue weighted by Gasteiger charge is -2.25. The number of thioether (sulfide) groups is 1. The van der Waals surface area contributed by atoms with E-state index < -0.39 is 29.7 Å². The zero-order chi connectivity index (χ0) is 29.1. The summed E-state index contributed by atoms with van der Waals surface area (Å²) in [6.45, 7) is 6.92. The van der Waals surface area contributed by atoms with Crippen molar-refractivity contribution in [1.29, 1.82) is 0 Å². The molecule has 1 aromatic heterocycles. The second kappa shape index (κ2) is 14.4. The fourth-order valence-electron chi connectivity index (χ4n) is 3.61. The number of nitrogens with one attached hydrogen (secondary N) is 3. The summed E-state index contributed by atoms with van der Waals surface area (Å²) < 4.78 is 5.40. The number of benzene rings is 2. The second-order valence-electron chi connectivity index (χ2n) is 10.1. The third kappa shape index (κ3) is 9.92. The molecule has 2 unspecified atom stereocenters. The Bertz CT molecular complexity index is 1270. The highest BCUT2D eigenvalue weighted by atomic mass is 32.2. The van der Waals surface area contributed by atoms with Crippen LogP contribution in [-0.4, -0.2) is 68.0 Å². The first kappa shape index (κ1) is 30.5. The molecule has 0 bridgehead atoms. The highest BCUT2D eigenvalue weighted by Crippen LogP contribution is 2.16. The SMILES string of the molecule is CSCCC(NC(=O)C(Cc1ccc(-c2nnc(C)nn2)cc1)NC(=O)OC(C)(C)C)C(=O)Nc1ccccc1. The number of rotatable bonds is 11. The summed E-state index contributed by atoms with van der Waals surface area (Å²) >= 11 is 1.57. The van der Waals surface area contributed by atoms with Gasteiger partial charge in [-0.25, -0.2) is 4.79 Å². The minimum atomic E-state index is -0.999. The lowest BCUT2D eigenvalue weighted by molar-refractivity contribution is -0.127. The first-order chi connectivity index (χ1) is 19.0. The standard InChI is InChI=1S/C28H35N7O4S/c1-18-32-34-24(35-33-18)20-13-11-19(12-14-20)17-23(31-27(38)39-28(2,3)4)26(37)30-22(15-16-40-5)25(36)29-21-9-7-6-8-10-21/h6-14,22-23H,15-17H2,1-5H3,(H,29,36)(H,30,37)(H,31,38). The van der Waals surface area contributed by atoms with E-state index in [4.69, 9.17) is 4.74 Å². The van der Waals surface area contributed by atoms with Crippen molar-refractivity contribution in [3.8, 4) is 11.4 Å². The zero-order valence-corrected chi connectivity index (χ0v) is 24.1. The molecule has 3 aromatic rings. The van der Waals surface area contributed by atoms with Gasteiger partial charge < -0.3 is 20.7 Å². The van der Waals surface area contributed by atoms with Gasteiger partial charge >= 0.3 is 6.09 Å². The molecule has 0 saturated carbocycles. The number of para-hydroxylation sites is 1. The minimum absolute atomic E-state index is 0.159. The van der Waals surface area contributed by atoms with Crippen LogP contribution in [0.25, 0.3) is 11.4 Å². The molecule has 11 nitrogen and oxygen atoms in total. The molecule has 40 heavy (non-hydrogen) atoms. The Morgan fingerprint density at radius 3 is 2.12 bits per heavy atom. The molecule has 0 aliphatic heterocycles. The first-order valence-electron chi connectivity index (χ1n) is 12.8. The van der Waals surface area contributed by atoms with Crippen LogP contribution in [0.5, 0.6) is 0 Å². The van der Waals surface area contributed by atoms with Crippen LogP contribution in [0.3, 0.4) is 0 Å². The Kier molecular flexibility index (Phi) is 10.9.